The van der Waals surface area contributed by atoms with Crippen LogP contribution in [0.3, 0.4) is 0 Å². The fraction of sp³-hybridized carbons (Fsp3) is 0.500. The smallest absolute Gasteiger partial charge is 0.271 e. The predicted octanol–water partition coefficient (Wildman–Crippen LogP) is 2.39. The van der Waals surface area contributed by atoms with E-state index in [1.165, 1.54) is 13.0 Å². The summed E-state index contributed by atoms with van der Waals surface area (Å²) in [5, 5.41) is 10.8. The summed E-state index contributed by atoms with van der Waals surface area (Å²) >= 11 is 0. The van der Waals surface area contributed by atoms with Crippen molar-refractivity contribution in [3.63, 3.8) is 0 Å². The van der Waals surface area contributed by atoms with E-state index in [0.717, 1.165) is 18.9 Å². The van der Waals surface area contributed by atoms with Crippen LogP contribution in [0.1, 0.15) is 18.4 Å². The average Bonchev–Trinajstić information content (AvgIpc) is 2.40. The molecule has 1 unspecified atom stereocenters. The maximum Gasteiger partial charge on any atom is 0.271 e. The number of non-ortho nitro benzene ring substituents is 1. The minimum atomic E-state index is -4.16. The highest BCUT2D eigenvalue weighted by molar-refractivity contribution is 8.13. The molecule has 0 N–H and O–H groups in total. The van der Waals surface area contributed by atoms with Crippen LogP contribution in [0.15, 0.2) is 17.0 Å². The second-order valence-corrected chi connectivity index (χ2v) is 7.28. The number of aryl methyl sites for hydroxylation is 1. The van der Waals surface area contributed by atoms with Crippen molar-refractivity contribution >= 4 is 25.4 Å². The molecule has 1 aliphatic rings. The number of nitrogens with zero attached hydrogens (tertiary/aromatic N) is 1. The van der Waals surface area contributed by atoms with Crippen LogP contribution in [0, 0.1) is 17.0 Å². The topological polar surface area (TPSA) is 95.7 Å². The predicted molar refractivity (Wildman–Crippen MR) is 75.3 cm³/mol. The summed E-state index contributed by atoms with van der Waals surface area (Å²) in [7, 11) is 1.21. The molecule has 1 atom stereocenters. The van der Waals surface area contributed by atoms with Gasteiger partial charge in [-0.2, -0.15) is 0 Å². The first-order valence-corrected chi connectivity index (χ1v) is 8.58. The molecule has 1 aromatic carbocycles. The molecule has 1 aromatic rings. The first-order chi connectivity index (χ1) is 9.79. The monoisotopic (exact) mass is 335 g/mol. The van der Waals surface area contributed by atoms with Gasteiger partial charge in [-0.05, 0) is 25.3 Å². The highest BCUT2D eigenvalue weighted by atomic mass is 35.7. The first kappa shape index (κ1) is 16.0. The number of hydrogen-bond acceptors (Lipinski definition) is 6. The third-order valence-corrected chi connectivity index (χ3v) is 4.43. The number of hydrogen-bond donors (Lipinski definition) is 0. The zero-order chi connectivity index (χ0) is 15.6. The van der Waals surface area contributed by atoms with Crippen LogP contribution >= 0.6 is 10.7 Å². The van der Waals surface area contributed by atoms with Gasteiger partial charge in [0.25, 0.3) is 14.7 Å². The number of nitro groups is 1. The molecule has 0 spiro atoms. The fourth-order valence-electron chi connectivity index (χ4n) is 2.13. The van der Waals surface area contributed by atoms with Crippen LogP contribution in [-0.2, 0) is 13.8 Å². The fourth-order valence-corrected chi connectivity index (χ4v) is 3.17. The number of benzene rings is 1. The summed E-state index contributed by atoms with van der Waals surface area (Å²) in [6.45, 7) is 2.52. The number of nitro benzene ring substituents is 1. The number of ether oxygens (including phenoxy) is 2. The summed E-state index contributed by atoms with van der Waals surface area (Å²) in [6, 6.07) is 2.17. The van der Waals surface area contributed by atoms with Crippen molar-refractivity contribution in [2.24, 2.45) is 0 Å². The highest BCUT2D eigenvalue weighted by Crippen LogP contribution is 2.35. The van der Waals surface area contributed by atoms with Gasteiger partial charge in [0, 0.05) is 29.4 Å². The molecule has 7 nitrogen and oxygen atoms in total. The standard InChI is InChI=1S/C12H14ClNO6S/c1-8-5-9(14(15)16)6-11(21(13,17)18)12(8)20-10-3-2-4-19-7-10/h5-6,10H,2-4,7H2,1H3. The normalized spacial score (nSPS) is 19.2. The Balaban J connectivity index is 2.45. The van der Waals surface area contributed by atoms with Crippen LogP contribution < -0.4 is 4.74 Å². The molecule has 0 saturated carbocycles. The van der Waals surface area contributed by atoms with Crippen molar-refractivity contribution in [1.29, 1.82) is 0 Å². The second-order valence-electron chi connectivity index (χ2n) is 4.74. The Hall–Kier alpha value is -1.38. The van der Waals surface area contributed by atoms with E-state index in [1.54, 1.807) is 0 Å². The molecule has 116 valence electrons. The minimum Gasteiger partial charge on any atom is -0.486 e. The van der Waals surface area contributed by atoms with E-state index in [9.17, 15) is 18.5 Å². The average molecular weight is 336 g/mol. The third kappa shape index (κ3) is 3.84. The molecule has 0 aliphatic carbocycles. The van der Waals surface area contributed by atoms with Crippen LogP contribution in [0.25, 0.3) is 0 Å². The molecular weight excluding hydrogens is 322 g/mol. The van der Waals surface area contributed by atoms with Gasteiger partial charge in [0.1, 0.15) is 16.7 Å². The van der Waals surface area contributed by atoms with Crippen molar-refractivity contribution in [3.8, 4) is 5.75 Å². The molecule has 21 heavy (non-hydrogen) atoms. The lowest BCUT2D eigenvalue weighted by atomic mass is 10.1. The molecule has 1 fully saturated rings. The van der Waals surface area contributed by atoms with Crippen LogP contribution in [0.2, 0.25) is 0 Å². The van der Waals surface area contributed by atoms with E-state index in [1.807, 2.05) is 0 Å². The Morgan fingerprint density at radius 1 is 1.48 bits per heavy atom. The zero-order valence-corrected chi connectivity index (χ0v) is 12.8. The maximum absolute atomic E-state index is 11.7. The zero-order valence-electron chi connectivity index (χ0n) is 11.2. The van der Waals surface area contributed by atoms with Crippen molar-refractivity contribution < 1.29 is 22.8 Å². The molecule has 1 aliphatic heterocycles. The van der Waals surface area contributed by atoms with Crippen LogP contribution in [0.4, 0.5) is 5.69 Å². The van der Waals surface area contributed by atoms with E-state index in [-0.39, 0.29) is 22.4 Å². The maximum atomic E-state index is 11.7. The molecular formula is C12H14ClNO6S. The minimum absolute atomic E-state index is 0.0473. The first-order valence-electron chi connectivity index (χ1n) is 6.27. The summed E-state index contributed by atoms with van der Waals surface area (Å²) in [4.78, 5) is 9.78. The largest absolute Gasteiger partial charge is 0.486 e. The van der Waals surface area contributed by atoms with E-state index in [2.05, 4.69) is 0 Å². The number of halogens is 1. The second kappa shape index (κ2) is 6.17. The van der Waals surface area contributed by atoms with E-state index < -0.39 is 14.0 Å². The lowest BCUT2D eigenvalue weighted by molar-refractivity contribution is -0.385. The Labute approximate surface area is 126 Å². The molecule has 9 heteroatoms. The lowest BCUT2D eigenvalue weighted by Gasteiger charge is -2.25. The van der Waals surface area contributed by atoms with Gasteiger partial charge in [-0.3, -0.25) is 10.1 Å². The van der Waals surface area contributed by atoms with E-state index in [4.69, 9.17) is 20.2 Å². The number of rotatable bonds is 4. The van der Waals surface area contributed by atoms with Gasteiger partial charge in [0.05, 0.1) is 11.5 Å². The summed E-state index contributed by atoms with van der Waals surface area (Å²) in [5.74, 6) is 0.0473. The molecule has 0 bridgehead atoms. The van der Waals surface area contributed by atoms with Gasteiger partial charge < -0.3 is 9.47 Å². The SMILES string of the molecule is Cc1cc([N+](=O)[O-])cc(S(=O)(=O)Cl)c1OC1CCCOC1. The van der Waals surface area contributed by atoms with Crippen molar-refractivity contribution in [1.82, 2.24) is 0 Å². The van der Waals surface area contributed by atoms with Gasteiger partial charge in [-0.1, -0.05) is 0 Å². The molecule has 1 heterocycles. The third-order valence-electron chi connectivity index (χ3n) is 3.10. The molecule has 0 radical (unpaired) electrons. The van der Waals surface area contributed by atoms with E-state index >= 15 is 0 Å². The summed E-state index contributed by atoms with van der Waals surface area (Å²) in [6.07, 6.45) is 1.23. The van der Waals surface area contributed by atoms with Crippen molar-refractivity contribution in [3.05, 3.63) is 27.8 Å². The van der Waals surface area contributed by atoms with Crippen molar-refractivity contribution in [2.45, 2.75) is 30.8 Å². The highest BCUT2D eigenvalue weighted by Gasteiger charge is 2.26. The van der Waals surface area contributed by atoms with Crippen molar-refractivity contribution in [2.75, 3.05) is 13.2 Å². The Kier molecular flexibility index (Phi) is 4.70. The molecule has 1 saturated heterocycles. The van der Waals surface area contributed by atoms with Gasteiger partial charge in [-0.25, -0.2) is 8.42 Å². The lowest BCUT2D eigenvalue weighted by Crippen LogP contribution is -2.28. The molecule has 2 rings (SSSR count). The van der Waals surface area contributed by atoms with Crippen LogP contribution in [0.5, 0.6) is 5.75 Å². The Morgan fingerprint density at radius 2 is 2.19 bits per heavy atom. The Morgan fingerprint density at radius 3 is 2.71 bits per heavy atom. The van der Waals surface area contributed by atoms with Gasteiger partial charge in [0.2, 0.25) is 0 Å². The summed E-state index contributed by atoms with van der Waals surface area (Å²) < 4.78 is 34.2. The van der Waals surface area contributed by atoms with Crippen LogP contribution in [-0.4, -0.2) is 32.7 Å². The molecule has 0 aromatic heterocycles. The van der Waals surface area contributed by atoms with E-state index in [0.29, 0.717) is 18.8 Å². The quantitative estimate of drug-likeness (QED) is 0.476. The van der Waals surface area contributed by atoms with Gasteiger partial charge in [-0.15, -0.1) is 0 Å². The Bertz CT molecular complexity index is 654. The van der Waals surface area contributed by atoms with Gasteiger partial charge >= 0.3 is 0 Å². The van der Waals surface area contributed by atoms with Gasteiger partial charge in [0.15, 0.2) is 0 Å². The molecule has 0 amide bonds. The summed E-state index contributed by atoms with van der Waals surface area (Å²) in [5.41, 5.74) is -0.00651.